The van der Waals surface area contributed by atoms with E-state index in [9.17, 15) is 9.59 Å². The van der Waals surface area contributed by atoms with Crippen molar-refractivity contribution in [1.82, 2.24) is 0 Å². The molecule has 7 nitrogen and oxygen atoms in total. The number of anilines is 1. The number of nitrogens with one attached hydrogen (secondary N) is 1. The molecule has 0 heterocycles. The summed E-state index contributed by atoms with van der Waals surface area (Å²) in [5.74, 6) is 0.489. The van der Waals surface area contributed by atoms with E-state index in [1.807, 2.05) is 0 Å². The Labute approximate surface area is 151 Å². The van der Waals surface area contributed by atoms with Crippen LogP contribution in [0.1, 0.15) is 15.9 Å². The quantitative estimate of drug-likeness (QED) is 0.742. The summed E-state index contributed by atoms with van der Waals surface area (Å²) in [6.45, 7) is 0. The van der Waals surface area contributed by atoms with E-state index in [1.54, 1.807) is 36.4 Å². The normalized spacial score (nSPS) is 10.4. The average Bonchev–Trinajstić information content (AvgIpc) is 2.65. The Morgan fingerprint density at radius 1 is 1.00 bits per heavy atom. The van der Waals surface area contributed by atoms with Gasteiger partial charge in [0.1, 0.15) is 17.2 Å². The number of methoxy groups -OCH3 is 3. The molecule has 0 atom stereocenters. The van der Waals surface area contributed by atoms with Crippen LogP contribution in [0.25, 0.3) is 6.08 Å². The number of ether oxygens (including phenoxy) is 3. The number of benzene rings is 2. The molecule has 2 aromatic carbocycles. The van der Waals surface area contributed by atoms with Crippen LogP contribution in [0.2, 0.25) is 0 Å². The summed E-state index contributed by atoms with van der Waals surface area (Å²) < 4.78 is 15.8. The Morgan fingerprint density at radius 2 is 1.62 bits per heavy atom. The van der Waals surface area contributed by atoms with E-state index >= 15 is 0 Å². The van der Waals surface area contributed by atoms with Crippen molar-refractivity contribution >= 4 is 23.6 Å². The van der Waals surface area contributed by atoms with Gasteiger partial charge in [-0.05, 0) is 18.2 Å². The number of para-hydroxylation sites is 1. The molecule has 26 heavy (non-hydrogen) atoms. The van der Waals surface area contributed by atoms with Gasteiger partial charge in [-0.2, -0.15) is 0 Å². The molecule has 0 saturated heterocycles. The Kier molecular flexibility index (Phi) is 6.21. The van der Waals surface area contributed by atoms with Crippen molar-refractivity contribution in [2.45, 2.75) is 0 Å². The van der Waals surface area contributed by atoms with Crippen molar-refractivity contribution in [3.8, 4) is 17.2 Å². The molecule has 0 spiro atoms. The maximum atomic E-state index is 12.2. The summed E-state index contributed by atoms with van der Waals surface area (Å²) in [6, 6.07) is 9.86. The first-order valence-electron chi connectivity index (χ1n) is 7.68. The maximum Gasteiger partial charge on any atom is 0.250 e. The van der Waals surface area contributed by atoms with E-state index in [0.29, 0.717) is 28.5 Å². The Morgan fingerprint density at radius 3 is 2.15 bits per heavy atom. The van der Waals surface area contributed by atoms with Gasteiger partial charge in [-0.3, -0.25) is 9.59 Å². The lowest BCUT2D eigenvalue weighted by molar-refractivity contribution is -0.111. The van der Waals surface area contributed by atoms with Crippen molar-refractivity contribution in [3.05, 3.63) is 53.6 Å². The molecule has 0 aliphatic heterocycles. The maximum absolute atomic E-state index is 12.2. The number of hydrogen-bond acceptors (Lipinski definition) is 5. The van der Waals surface area contributed by atoms with Crippen molar-refractivity contribution in [2.75, 3.05) is 26.6 Å². The third-order valence-corrected chi connectivity index (χ3v) is 3.60. The predicted octanol–water partition coefficient (Wildman–Crippen LogP) is 2.46. The van der Waals surface area contributed by atoms with E-state index in [0.717, 1.165) is 0 Å². The van der Waals surface area contributed by atoms with Gasteiger partial charge in [-0.1, -0.05) is 12.1 Å². The smallest absolute Gasteiger partial charge is 0.250 e. The number of carbonyl (C=O) groups is 2. The molecule has 0 fully saturated rings. The summed E-state index contributed by atoms with van der Waals surface area (Å²) >= 11 is 0. The van der Waals surface area contributed by atoms with Gasteiger partial charge < -0.3 is 25.3 Å². The Hall–Kier alpha value is -3.48. The number of amides is 2. The van der Waals surface area contributed by atoms with E-state index in [1.165, 1.54) is 33.5 Å². The summed E-state index contributed by atoms with van der Waals surface area (Å²) in [5, 5.41) is 2.63. The van der Waals surface area contributed by atoms with Gasteiger partial charge in [0.15, 0.2) is 0 Å². The number of hydrogen-bond donors (Lipinski definition) is 2. The molecule has 0 saturated carbocycles. The molecule has 0 aliphatic carbocycles. The number of carbonyl (C=O) groups excluding carboxylic acids is 2. The molecule has 2 amide bonds. The lowest BCUT2D eigenvalue weighted by Gasteiger charge is -2.12. The van der Waals surface area contributed by atoms with Gasteiger partial charge in [-0.15, -0.1) is 0 Å². The van der Waals surface area contributed by atoms with Gasteiger partial charge in [0.2, 0.25) is 5.91 Å². The van der Waals surface area contributed by atoms with Gasteiger partial charge in [0.25, 0.3) is 5.91 Å². The second-order valence-corrected chi connectivity index (χ2v) is 5.18. The minimum Gasteiger partial charge on any atom is -0.496 e. The molecule has 2 rings (SSSR count). The van der Waals surface area contributed by atoms with Gasteiger partial charge in [0, 0.05) is 18.2 Å². The highest BCUT2D eigenvalue weighted by molar-refractivity contribution is 6.07. The summed E-state index contributed by atoms with van der Waals surface area (Å²) in [7, 11) is 4.55. The van der Waals surface area contributed by atoms with Crippen LogP contribution in [0, 0.1) is 0 Å². The highest BCUT2D eigenvalue weighted by Crippen LogP contribution is 2.35. The monoisotopic (exact) mass is 356 g/mol. The van der Waals surface area contributed by atoms with Crippen LogP contribution in [0.3, 0.4) is 0 Å². The first-order chi connectivity index (χ1) is 12.5. The molecule has 0 aliphatic rings. The highest BCUT2D eigenvalue weighted by atomic mass is 16.5. The summed E-state index contributed by atoms with van der Waals surface area (Å²) in [6.07, 6.45) is 2.87. The number of nitrogens with two attached hydrogens (primary N) is 1. The second-order valence-electron chi connectivity index (χ2n) is 5.18. The van der Waals surface area contributed by atoms with Crippen molar-refractivity contribution in [1.29, 1.82) is 0 Å². The fraction of sp³-hybridized carbons (Fsp3) is 0.158. The first-order valence-corrected chi connectivity index (χ1v) is 7.68. The van der Waals surface area contributed by atoms with E-state index < -0.39 is 11.8 Å². The number of primary amides is 1. The van der Waals surface area contributed by atoms with Gasteiger partial charge in [-0.25, -0.2) is 0 Å². The van der Waals surface area contributed by atoms with E-state index in [-0.39, 0.29) is 5.56 Å². The van der Waals surface area contributed by atoms with Crippen molar-refractivity contribution in [3.63, 3.8) is 0 Å². The third-order valence-electron chi connectivity index (χ3n) is 3.60. The van der Waals surface area contributed by atoms with Crippen molar-refractivity contribution in [2.24, 2.45) is 5.73 Å². The van der Waals surface area contributed by atoms with E-state index in [4.69, 9.17) is 19.9 Å². The molecule has 0 radical (unpaired) electrons. The van der Waals surface area contributed by atoms with Crippen molar-refractivity contribution < 1.29 is 23.8 Å². The van der Waals surface area contributed by atoms with Gasteiger partial charge in [0.05, 0.1) is 38.1 Å². The zero-order valence-corrected chi connectivity index (χ0v) is 14.7. The molecule has 136 valence electrons. The molecule has 0 aromatic heterocycles. The lowest BCUT2D eigenvalue weighted by atomic mass is 10.1. The van der Waals surface area contributed by atoms with Crippen LogP contribution in [-0.4, -0.2) is 33.1 Å². The fourth-order valence-corrected chi connectivity index (χ4v) is 2.34. The number of rotatable bonds is 7. The molecular weight excluding hydrogens is 336 g/mol. The molecule has 2 aromatic rings. The van der Waals surface area contributed by atoms with Gasteiger partial charge >= 0.3 is 0 Å². The minimum absolute atomic E-state index is 0.230. The Balaban J connectivity index is 2.27. The molecule has 3 N–H and O–H groups in total. The molecular formula is C19H20N2O5. The predicted molar refractivity (Wildman–Crippen MR) is 98.7 cm³/mol. The van der Waals surface area contributed by atoms with Crippen LogP contribution >= 0.6 is 0 Å². The minimum atomic E-state index is -0.622. The summed E-state index contributed by atoms with van der Waals surface area (Å²) in [4.78, 5) is 23.6. The molecule has 7 heteroatoms. The zero-order chi connectivity index (χ0) is 19.1. The third kappa shape index (κ3) is 4.32. The van der Waals surface area contributed by atoms with Crippen LogP contribution in [0.15, 0.2) is 42.5 Å². The average molecular weight is 356 g/mol. The van der Waals surface area contributed by atoms with Crippen LogP contribution in [0.5, 0.6) is 17.2 Å². The summed E-state index contributed by atoms with van der Waals surface area (Å²) in [5.41, 5.74) is 6.45. The lowest BCUT2D eigenvalue weighted by Crippen LogP contribution is -2.16. The Bertz CT molecular complexity index is 821. The van der Waals surface area contributed by atoms with Crippen LogP contribution < -0.4 is 25.3 Å². The zero-order valence-electron chi connectivity index (χ0n) is 14.7. The SMILES string of the molecule is COc1cc(OC)c(/C=C/C(=O)Nc2ccccc2C(N)=O)c(OC)c1. The largest absolute Gasteiger partial charge is 0.496 e. The fourth-order valence-electron chi connectivity index (χ4n) is 2.34. The van der Waals surface area contributed by atoms with Crippen LogP contribution in [0.4, 0.5) is 5.69 Å². The standard InChI is InChI=1S/C19H20N2O5/c1-24-12-10-16(25-2)14(17(11-12)26-3)8-9-18(22)21-15-7-5-4-6-13(15)19(20)23/h4-11H,1-3H3,(H2,20,23)(H,21,22)/b9-8+. The molecule has 0 bridgehead atoms. The second kappa shape index (κ2) is 8.57. The van der Waals surface area contributed by atoms with Crippen LogP contribution in [-0.2, 0) is 4.79 Å². The highest BCUT2D eigenvalue weighted by Gasteiger charge is 2.12. The molecule has 0 unspecified atom stereocenters. The van der Waals surface area contributed by atoms with E-state index in [2.05, 4.69) is 5.32 Å². The first kappa shape index (κ1) is 18.9. The topological polar surface area (TPSA) is 99.9 Å².